The highest BCUT2D eigenvalue weighted by Crippen LogP contribution is 2.13. The summed E-state index contributed by atoms with van der Waals surface area (Å²) in [4.78, 5) is 18.3. The lowest BCUT2D eigenvalue weighted by Crippen LogP contribution is -2.34. The lowest BCUT2D eigenvalue weighted by atomic mass is 10.1. The van der Waals surface area contributed by atoms with E-state index in [1.54, 1.807) is 12.1 Å². The van der Waals surface area contributed by atoms with Crippen molar-refractivity contribution in [3.8, 4) is 0 Å². The molecule has 6 nitrogen and oxygen atoms in total. The number of aromatic nitrogens is 1. The molecule has 20 heavy (non-hydrogen) atoms. The van der Waals surface area contributed by atoms with E-state index in [2.05, 4.69) is 10.1 Å². The summed E-state index contributed by atoms with van der Waals surface area (Å²) in [5.41, 5.74) is 6.37. The molecule has 0 radical (unpaired) electrons. The summed E-state index contributed by atoms with van der Waals surface area (Å²) in [5, 5.41) is 11.5. The Hall–Kier alpha value is -2.11. The van der Waals surface area contributed by atoms with Crippen molar-refractivity contribution in [2.75, 3.05) is 13.1 Å². The molecule has 1 aromatic heterocycles. The van der Waals surface area contributed by atoms with Gasteiger partial charge in [0.25, 0.3) is 5.91 Å². The molecule has 1 aliphatic heterocycles. The topological polar surface area (TPSA) is 91.8 Å². The van der Waals surface area contributed by atoms with Crippen molar-refractivity contribution in [3.63, 3.8) is 0 Å². The van der Waals surface area contributed by atoms with Gasteiger partial charge in [0.15, 0.2) is 5.84 Å². The molecular formula is C14H20N4O2. The van der Waals surface area contributed by atoms with E-state index in [0.29, 0.717) is 11.3 Å². The molecule has 3 N–H and O–H groups in total. The van der Waals surface area contributed by atoms with Crippen LogP contribution in [0.2, 0.25) is 0 Å². The number of hydrogen-bond donors (Lipinski definition) is 2. The number of rotatable bonds is 2. The Bertz CT molecular complexity index is 476. The Balaban J connectivity index is 2.07. The second-order valence-corrected chi connectivity index (χ2v) is 4.98. The molecule has 0 atom stereocenters. The molecule has 1 saturated heterocycles. The first kappa shape index (κ1) is 14.3. The van der Waals surface area contributed by atoms with Crippen LogP contribution in [-0.2, 0) is 0 Å². The van der Waals surface area contributed by atoms with Crippen molar-refractivity contribution in [1.29, 1.82) is 0 Å². The molecule has 0 aliphatic carbocycles. The number of hydrogen-bond acceptors (Lipinski definition) is 4. The van der Waals surface area contributed by atoms with Gasteiger partial charge in [0.05, 0.1) is 0 Å². The summed E-state index contributed by atoms with van der Waals surface area (Å²) in [6, 6.07) is 3.26. The fraction of sp³-hybridized carbons (Fsp3) is 0.500. The maximum Gasteiger partial charge on any atom is 0.272 e. The van der Waals surface area contributed by atoms with Crippen LogP contribution in [0.1, 0.15) is 48.2 Å². The molecule has 2 rings (SSSR count). The lowest BCUT2D eigenvalue weighted by molar-refractivity contribution is 0.0736. The van der Waals surface area contributed by atoms with Crippen molar-refractivity contribution in [2.45, 2.75) is 32.1 Å². The number of amides is 1. The summed E-state index contributed by atoms with van der Waals surface area (Å²) in [6.45, 7) is 1.59. The van der Waals surface area contributed by atoms with E-state index in [1.807, 2.05) is 4.90 Å². The van der Waals surface area contributed by atoms with Crippen molar-refractivity contribution < 1.29 is 10.0 Å². The standard InChI is InChI=1S/C14H20N4O2/c15-13(17-20)11-6-7-12(16-10-11)14(19)18-8-4-2-1-3-5-9-18/h6-7,10,20H,1-5,8-9H2,(H2,15,17). The summed E-state index contributed by atoms with van der Waals surface area (Å²) in [5.74, 6) is -0.0549. The second-order valence-electron chi connectivity index (χ2n) is 4.98. The highest BCUT2D eigenvalue weighted by atomic mass is 16.4. The monoisotopic (exact) mass is 276 g/mol. The van der Waals surface area contributed by atoms with Gasteiger partial charge in [0.1, 0.15) is 5.69 Å². The minimum Gasteiger partial charge on any atom is -0.409 e. The minimum atomic E-state index is -0.0436. The van der Waals surface area contributed by atoms with E-state index in [1.165, 1.54) is 25.5 Å². The molecule has 0 bridgehead atoms. The van der Waals surface area contributed by atoms with Crippen LogP contribution in [0.25, 0.3) is 0 Å². The first-order valence-corrected chi connectivity index (χ1v) is 6.95. The SMILES string of the molecule is NC(=NO)c1ccc(C(=O)N2CCCCCCC2)nc1. The number of nitrogens with two attached hydrogens (primary N) is 1. The predicted octanol–water partition coefficient (Wildman–Crippen LogP) is 1.58. The highest BCUT2D eigenvalue weighted by Gasteiger charge is 2.17. The fourth-order valence-corrected chi connectivity index (χ4v) is 2.34. The Morgan fingerprint density at radius 3 is 2.40 bits per heavy atom. The first-order chi connectivity index (χ1) is 9.72. The molecule has 0 saturated carbocycles. The Kier molecular flexibility index (Phi) is 4.92. The zero-order chi connectivity index (χ0) is 14.4. The molecule has 1 aromatic rings. The lowest BCUT2D eigenvalue weighted by Gasteiger charge is -2.24. The Morgan fingerprint density at radius 2 is 1.85 bits per heavy atom. The van der Waals surface area contributed by atoms with Crippen LogP contribution in [0.5, 0.6) is 0 Å². The van der Waals surface area contributed by atoms with Crippen LogP contribution < -0.4 is 5.73 Å². The molecular weight excluding hydrogens is 256 g/mol. The Labute approximate surface area is 118 Å². The molecule has 1 fully saturated rings. The third-order valence-corrected chi connectivity index (χ3v) is 3.53. The molecule has 108 valence electrons. The van der Waals surface area contributed by atoms with E-state index < -0.39 is 0 Å². The number of carbonyl (C=O) groups excluding carboxylic acids is 1. The normalized spacial score (nSPS) is 17.4. The summed E-state index contributed by atoms with van der Waals surface area (Å²) < 4.78 is 0. The van der Waals surface area contributed by atoms with Gasteiger partial charge in [-0.15, -0.1) is 0 Å². The van der Waals surface area contributed by atoms with Gasteiger partial charge in [-0.2, -0.15) is 0 Å². The Morgan fingerprint density at radius 1 is 1.20 bits per heavy atom. The van der Waals surface area contributed by atoms with E-state index in [9.17, 15) is 4.79 Å². The van der Waals surface area contributed by atoms with Crippen molar-refractivity contribution >= 4 is 11.7 Å². The average molecular weight is 276 g/mol. The fourth-order valence-electron chi connectivity index (χ4n) is 2.34. The van der Waals surface area contributed by atoms with Crippen LogP contribution in [0.15, 0.2) is 23.5 Å². The zero-order valence-corrected chi connectivity index (χ0v) is 11.5. The van der Waals surface area contributed by atoms with Gasteiger partial charge in [-0.3, -0.25) is 9.78 Å². The van der Waals surface area contributed by atoms with E-state index in [-0.39, 0.29) is 11.7 Å². The number of carbonyl (C=O) groups is 1. The van der Waals surface area contributed by atoms with Gasteiger partial charge in [0.2, 0.25) is 0 Å². The highest BCUT2D eigenvalue weighted by molar-refractivity contribution is 5.98. The quantitative estimate of drug-likeness (QED) is 0.371. The third-order valence-electron chi connectivity index (χ3n) is 3.53. The van der Waals surface area contributed by atoms with Crippen molar-refractivity contribution in [1.82, 2.24) is 9.88 Å². The van der Waals surface area contributed by atoms with Crippen LogP contribution in [-0.4, -0.2) is 39.9 Å². The van der Waals surface area contributed by atoms with E-state index in [4.69, 9.17) is 10.9 Å². The molecule has 1 amide bonds. The minimum absolute atomic E-state index is 0.0113. The second kappa shape index (κ2) is 6.88. The number of oxime groups is 1. The predicted molar refractivity (Wildman–Crippen MR) is 75.7 cm³/mol. The van der Waals surface area contributed by atoms with E-state index in [0.717, 1.165) is 25.9 Å². The maximum absolute atomic E-state index is 12.4. The van der Waals surface area contributed by atoms with Gasteiger partial charge in [-0.1, -0.05) is 24.4 Å². The van der Waals surface area contributed by atoms with Crippen LogP contribution >= 0.6 is 0 Å². The van der Waals surface area contributed by atoms with E-state index >= 15 is 0 Å². The molecule has 2 heterocycles. The van der Waals surface area contributed by atoms with Crippen molar-refractivity contribution in [2.24, 2.45) is 10.9 Å². The first-order valence-electron chi connectivity index (χ1n) is 6.95. The van der Waals surface area contributed by atoms with Gasteiger partial charge in [0, 0.05) is 24.8 Å². The van der Waals surface area contributed by atoms with Gasteiger partial charge in [-0.25, -0.2) is 0 Å². The smallest absolute Gasteiger partial charge is 0.272 e. The van der Waals surface area contributed by atoms with Crippen LogP contribution in [0.3, 0.4) is 0 Å². The number of pyridine rings is 1. The summed E-state index contributed by atoms with van der Waals surface area (Å²) >= 11 is 0. The number of nitrogens with zero attached hydrogens (tertiary/aromatic N) is 3. The molecule has 0 unspecified atom stereocenters. The third kappa shape index (κ3) is 3.46. The summed E-state index contributed by atoms with van der Waals surface area (Å²) in [7, 11) is 0. The van der Waals surface area contributed by atoms with Crippen molar-refractivity contribution in [3.05, 3.63) is 29.6 Å². The number of likely N-dealkylation sites (tertiary alicyclic amines) is 1. The molecule has 0 spiro atoms. The average Bonchev–Trinajstić information content (AvgIpc) is 2.46. The molecule has 0 aromatic carbocycles. The summed E-state index contributed by atoms with van der Waals surface area (Å²) in [6.07, 6.45) is 7.17. The zero-order valence-electron chi connectivity index (χ0n) is 11.5. The van der Waals surface area contributed by atoms with Gasteiger partial charge in [-0.05, 0) is 25.0 Å². The largest absolute Gasteiger partial charge is 0.409 e. The molecule has 1 aliphatic rings. The van der Waals surface area contributed by atoms with Crippen LogP contribution in [0, 0.1) is 0 Å². The number of amidine groups is 1. The molecule has 6 heteroatoms. The van der Waals surface area contributed by atoms with Gasteiger partial charge >= 0.3 is 0 Å². The van der Waals surface area contributed by atoms with Crippen LogP contribution in [0.4, 0.5) is 0 Å². The van der Waals surface area contributed by atoms with Gasteiger partial charge < -0.3 is 15.8 Å². The maximum atomic E-state index is 12.4.